The van der Waals surface area contributed by atoms with Crippen molar-refractivity contribution < 1.29 is 13.2 Å². The normalized spacial score (nSPS) is 13.7. The van der Waals surface area contributed by atoms with Crippen LogP contribution in [0, 0.1) is 0 Å². The van der Waals surface area contributed by atoms with Crippen molar-refractivity contribution >= 4 is 11.4 Å². The highest BCUT2D eigenvalue weighted by molar-refractivity contribution is 5.76. The van der Waals surface area contributed by atoms with E-state index in [9.17, 15) is 18.0 Å². The summed E-state index contributed by atoms with van der Waals surface area (Å²) in [6, 6.07) is 18.4. The van der Waals surface area contributed by atoms with Gasteiger partial charge in [-0.2, -0.15) is 13.2 Å². The Morgan fingerprint density at radius 3 is 2.14 bits per heavy atom. The summed E-state index contributed by atoms with van der Waals surface area (Å²) in [6.07, 6.45) is -1.19. The lowest BCUT2D eigenvalue weighted by atomic mass is 10.0. The summed E-state index contributed by atoms with van der Waals surface area (Å²) in [6.45, 7) is 2.27. The van der Waals surface area contributed by atoms with Gasteiger partial charge in [-0.3, -0.25) is 4.79 Å². The first-order valence-electron chi connectivity index (χ1n) is 9.30. The Hall–Kier alpha value is -3.22. The van der Waals surface area contributed by atoms with Gasteiger partial charge in [-0.25, -0.2) is 0 Å². The second kappa shape index (κ2) is 8.86. The number of hydrogen-bond acceptors (Lipinski definition) is 3. The molecule has 1 fully saturated rings. The molecule has 0 bridgehead atoms. The maximum absolute atomic E-state index is 11.8. The van der Waals surface area contributed by atoms with Gasteiger partial charge in [0.25, 0.3) is 0 Å². The zero-order valence-corrected chi connectivity index (χ0v) is 15.7. The number of benzene rings is 2. The number of aromatic amines is 1. The van der Waals surface area contributed by atoms with E-state index in [4.69, 9.17) is 5.73 Å². The first-order valence-corrected chi connectivity index (χ1v) is 9.30. The van der Waals surface area contributed by atoms with Crippen molar-refractivity contribution in [2.75, 3.05) is 23.7 Å². The predicted molar refractivity (Wildman–Crippen MR) is 110 cm³/mol. The molecule has 4 rings (SSSR count). The Morgan fingerprint density at radius 1 is 0.897 bits per heavy atom. The third kappa shape index (κ3) is 5.40. The maximum atomic E-state index is 11.8. The van der Waals surface area contributed by atoms with Crippen LogP contribution in [-0.2, 0) is 6.18 Å². The van der Waals surface area contributed by atoms with Crippen molar-refractivity contribution in [1.29, 1.82) is 0 Å². The van der Waals surface area contributed by atoms with Gasteiger partial charge in [-0.05, 0) is 42.2 Å². The molecule has 2 aromatic carbocycles. The molecule has 1 aliphatic heterocycles. The fourth-order valence-electron chi connectivity index (χ4n) is 3.20. The smallest absolute Gasteiger partial charge is 0.397 e. The number of nitrogens with zero attached hydrogens (tertiary/aromatic N) is 1. The van der Waals surface area contributed by atoms with Gasteiger partial charge in [-0.15, -0.1) is 0 Å². The highest BCUT2D eigenvalue weighted by atomic mass is 19.4. The topological polar surface area (TPSA) is 62.1 Å². The molecule has 29 heavy (non-hydrogen) atoms. The standard InChI is InChI=1S/C16H18N2.C6H4F3NO/c17-15-12-14(13-6-2-1-3-7-13)8-9-16(15)18-10-4-5-11-18;7-6(8,9)4-1-2-5(11)10-3-4/h1-3,6-9,12H,4-5,10-11,17H2;1-3H,(H,10,11). The molecule has 0 amide bonds. The number of anilines is 2. The minimum Gasteiger partial charge on any atom is -0.397 e. The average Bonchev–Trinajstić information content (AvgIpc) is 3.23. The molecule has 0 spiro atoms. The number of halogens is 3. The summed E-state index contributed by atoms with van der Waals surface area (Å²) >= 11 is 0. The number of rotatable bonds is 2. The summed E-state index contributed by atoms with van der Waals surface area (Å²) in [4.78, 5) is 14.6. The molecule has 7 heteroatoms. The van der Waals surface area contributed by atoms with E-state index in [1.807, 2.05) is 11.1 Å². The monoisotopic (exact) mass is 401 g/mol. The zero-order chi connectivity index (χ0) is 20.9. The van der Waals surface area contributed by atoms with E-state index < -0.39 is 17.3 Å². The number of H-pyrrole nitrogens is 1. The van der Waals surface area contributed by atoms with E-state index >= 15 is 0 Å². The van der Waals surface area contributed by atoms with Crippen molar-refractivity contribution in [3.05, 3.63) is 82.8 Å². The van der Waals surface area contributed by atoms with E-state index in [0.717, 1.165) is 30.9 Å². The molecular weight excluding hydrogens is 379 g/mol. The van der Waals surface area contributed by atoms with Gasteiger partial charge in [0.05, 0.1) is 16.9 Å². The molecule has 4 nitrogen and oxygen atoms in total. The minimum absolute atomic E-state index is 0.544. The van der Waals surface area contributed by atoms with Crippen LogP contribution in [0.3, 0.4) is 0 Å². The van der Waals surface area contributed by atoms with Crippen LogP contribution in [0.5, 0.6) is 0 Å². The Balaban J connectivity index is 0.000000188. The van der Waals surface area contributed by atoms with Gasteiger partial charge < -0.3 is 15.6 Å². The lowest BCUT2D eigenvalue weighted by Gasteiger charge is -2.20. The Bertz CT molecular complexity index is 974. The third-order valence-corrected chi connectivity index (χ3v) is 4.69. The lowest BCUT2D eigenvalue weighted by Crippen LogP contribution is -2.18. The number of nitrogens with one attached hydrogen (secondary N) is 1. The maximum Gasteiger partial charge on any atom is 0.417 e. The van der Waals surface area contributed by atoms with Crippen LogP contribution in [0.4, 0.5) is 24.5 Å². The number of hydrogen-bond donors (Lipinski definition) is 2. The molecule has 3 N–H and O–H groups in total. The molecular formula is C22H22F3N3O. The fourth-order valence-corrected chi connectivity index (χ4v) is 3.20. The molecule has 0 radical (unpaired) electrons. The van der Waals surface area contributed by atoms with Gasteiger partial charge in [0.2, 0.25) is 5.56 Å². The molecule has 0 unspecified atom stereocenters. The van der Waals surface area contributed by atoms with Crippen LogP contribution in [0.15, 0.2) is 71.7 Å². The molecule has 1 saturated heterocycles. The lowest BCUT2D eigenvalue weighted by molar-refractivity contribution is -0.137. The number of alkyl halides is 3. The number of pyridine rings is 1. The molecule has 1 aromatic heterocycles. The Morgan fingerprint density at radius 2 is 1.59 bits per heavy atom. The Kier molecular flexibility index (Phi) is 6.26. The number of nitrogen functional groups attached to an aromatic ring is 1. The molecule has 0 saturated carbocycles. The highest BCUT2D eigenvalue weighted by Gasteiger charge is 2.30. The average molecular weight is 401 g/mol. The third-order valence-electron chi connectivity index (χ3n) is 4.69. The summed E-state index contributed by atoms with van der Waals surface area (Å²) in [5.41, 5.74) is 9.29. The van der Waals surface area contributed by atoms with E-state index in [1.54, 1.807) is 0 Å². The minimum atomic E-state index is -4.38. The van der Waals surface area contributed by atoms with Crippen LogP contribution in [0.25, 0.3) is 11.1 Å². The number of aromatic nitrogens is 1. The molecule has 152 valence electrons. The van der Waals surface area contributed by atoms with Crippen molar-refractivity contribution in [2.24, 2.45) is 0 Å². The van der Waals surface area contributed by atoms with Crippen LogP contribution in [0.2, 0.25) is 0 Å². The van der Waals surface area contributed by atoms with Crippen LogP contribution in [-0.4, -0.2) is 18.1 Å². The van der Waals surface area contributed by atoms with Crippen molar-refractivity contribution in [1.82, 2.24) is 4.98 Å². The van der Waals surface area contributed by atoms with Gasteiger partial charge in [0.1, 0.15) is 0 Å². The molecule has 0 atom stereocenters. The second-order valence-corrected chi connectivity index (χ2v) is 6.77. The van der Waals surface area contributed by atoms with Gasteiger partial charge in [0, 0.05) is 25.4 Å². The molecule has 2 heterocycles. The largest absolute Gasteiger partial charge is 0.417 e. The summed E-state index contributed by atoms with van der Waals surface area (Å²) in [5.74, 6) is 0. The first-order chi connectivity index (χ1) is 13.8. The molecule has 0 aliphatic carbocycles. The van der Waals surface area contributed by atoms with Crippen molar-refractivity contribution in [2.45, 2.75) is 19.0 Å². The van der Waals surface area contributed by atoms with Crippen molar-refractivity contribution in [3.63, 3.8) is 0 Å². The summed E-state index contributed by atoms with van der Waals surface area (Å²) in [5, 5.41) is 0. The van der Waals surface area contributed by atoms with E-state index in [-0.39, 0.29) is 0 Å². The quantitative estimate of drug-likeness (QED) is 0.599. The van der Waals surface area contributed by atoms with Crippen LogP contribution in [0.1, 0.15) is 18.4 Å². The van der Waals surface area contributed by atoms with E-state index in [2.05, 4.69) is 47.4 Å². The number of nitrogens with two attached hydrogens (primary N) is 1. The second-order valence-electron chi connectivity index (χ2n) is 6.77. The SMILES string of the molecule is Nc1cc(-c2ccccc2)ccc1N1CCCC1.O=c1ccc(C(F)(F)F)c[nH]1. The zero-order valence-electron chi connectivity index (χ0n) is 15.7. The van der Waals surface area contributed by atoms with Gasteiger partial charge >= 0.3 is 6.18 Å². The first kappa shape index (κ1) is 20.5. The van der Waals surface area contributed by atoms with E-state index in [1.165, 1.54) is 29.7 Å². The summed E-state index contributed by atoms with van der Waals surface area (Å²) < 4.78 is 35.4. The molecule has 3 aromatic rings. The summed E-state index contributed by atoms with van der Waals surface area (Å²) in [7, 11) is 0. The Labute approximate surface area is 166 Å². The highest BCUT2D eigenvalue weighted by Crippen LogP contribution is 2.31. The van der Waals surface area contributed by atoms with Gasteiger partial charge in [-0.1, -0.05) is 36.4 Å². The molecule has 1 aliphatic rings. The van der Waals surface area contributed by atoms with Crippen molar-refractivity contribution in [3.8, 4) is 11.1 Å². The van der Waals surface area contributed by atoms with Crippen LogP contribution >= 0.6 is 0 Å². The van der Waals surface area contributed by atoms with Gasteiger partial charge in [0.15, 0.2) is 0 Å². The fraction of sp³-hybridized carbons (Fsp3) is 0.227. The van der Waals surface area contributed by atoms with Crippen LogP contribution < -0.4 is 16.2 Å². The van der Waals surface area contributed by atoms with E-state index in [0.29, 0.717) is 6.20 Å². The predicted octanol–water partition coefficient (Wildman–Crippen LogP) is 4.93.